The van der Waals surface area contributed by atoms with E-state index >= 15 is 0 Å². The van der Waals surface area contributed by atoms with Gasteiger partial charge in [0.1, 0.15) is 11.4 Å². The van der Waals surface area contributed by atoms with Crippen LogP contribution in [0.4, 0.5) is 10.1 Å². The second kappa shape index (κ2) is 7.67. The maximum Gasteiger partial charge on any atom is 0.341 e. The van der Waals surface area contributed by atoms with Gasteiger partial charge in [0.2, 0.25) is 5.43 Å². The summed E-state index contributed by atoms with van der Waals surface area (Å²) in [6, 6.07) is 12.2. The molecular formula is C22H22FN3O3. The number of pyridine rings is 1. The average Bonchev–Trinajstić information content (AvgIpc) is 2.74. The molecule has 1 aliphatic heterocycles. The highest BCUT2D eigenvalue weighted by Crippen LogP contribution is 2.29. The first-order chi connectivity index (χ1) is 14.0. The van der Waals surface area contributed by atoms with Gasteiger partial charge < -0.3 is 19.9 Å². The Labute approximate surface area is 167 Å². The SMILES string of the molecule is CC(c1ccccc1)n1cc(C(=O)O)c(=O)c2cc(F)c(N3CCNCC3)cc21. The largest absolute Gasteiger partial charge is 0.477 e. The van der Waals surface area contributed by atoms with Crippen molar-refractivity contribution in [3.05, 3.63) is 75.8 Å². The average molecular weight is 395 g/mol. The molecule has 0 aliphatic carbocycles. The molecule has 29 heavy (non-hydrogen) atoms. The fourth-order valence-corrected chi connectivity index (χ4v) is 3.87. The highest BCUT2D eigenvalue weighted by Gasteiger charge is 2.22. The van der Waals surface area contributed by atoms with Crippen LogP contribution in [-0.4, -0.2) is 41.8 Å². The van der Waals surface area contributed by atoms with Gasteiger partial charge in [0.05, 0.1) is 17.2 Å². The second-order valence-corrected chi connectivity index (χ2v) is 7.23. The van der Waals surface area contributed by atoms with E-state index in [1.165, 1.54) is 12.3 Å². The normalized spacial score (nSPS) is 15.4. The fourth-order valence-electron chi connectivity index (χ4n) is 3.87. The van der Waals surface area contributed by atoms with Crippen molar-refractivity contribution in [3.8, 4) is 0 Å². The highest BCUT2D eigenvalue weighted by molar-refractivity contribution is 5.93. The summed E-state index contributed by atoms with van der Waals surface area (Å²) >= 11 is 0. The van der Waals surface area contributed by atoms with Gasteiger partial charge in [-0.3, -0.25) is 4.79 Å². The number of nitrogens with zero attached hydrogens (tertiary/aromatic N) is 2. The number of anilines is 1. The van der Waals surface area contributed by atoms with E-state index in [0.717, 1.165) is 18.7 Å². The number of carboxylic acids is 1. The first-order valence-corrected chi connectivity index (χ1v) is 9.59. The van der Waals surface area contributed by atoms with E-state index in [4.69, 9.17) is 0 Å². The molecule has 2 heterocycles. The van der Waals surface area contributed by atoms with Gasteiger partial charge in [0, 0.05) is 37.8 Å². The number of aromatic carboxylic acids is 1. The summed E-state index contributed by atoms with van der Waals surface area (Å²) in [6.45, 7) is 4.76. The summed E-state index contributed by atoms with van der Waals surface area (Å²) in [5.74, 6) is -1.84. The molecule has 1 aromatic heterocycles. The number of halogens is 1. The Balaban J connectivity index is 1.97. The molecule has 1 atom stereocenters. The fraction of sp³-hybridized carbons (Fsp3) is 0.273. The van der Waals surface area contributed by atoms with E-state index in [0.29, 0.717) is 24.3 Å². The molecule has 0 radical (unpaired) electrons. The van der Waals surface area contributed by atoms with Gasteiger partial charge in [-0.05, 0) is 24.6 Å². The third-order valence-corrected chi connectivity index (χ3v) is 5.49. The number of hydrogen-bond donors (Lipinski definition) is 2. The van der Waals surface area contributed by atoms with Gasteiger partial charge in [-0.2, -0.15) is 0 Å². The van der Waals surface area contributed by atoms with Crippen LogP contribution < -0.4 is 15.6 Å². The summed E-state index contributed by atoms with van der Waals surface area (Å²) in [4.78, 5) is 26.3. The lowest BCUT2D eigenvalue weighted by Gasteiger charge is -2.30. The number of benzene rings is 2. The summed E-state index contributed by atoms with van der Waals surface area (Å²) < 4.78 is 16.7. The van der Waals surface area contributed by atoms with E-state index < -0.39 is 17.2 Å². The lowest BCUT2D eigenvalue weighted by atomic mass is 10.0. The Bertz CT molecular complexity index is 1120. The Morgan fingerprint density at radius 3 is 2.52 bits per heavy atom. The molecule has 150 valence electrons. The number of aromatic nitrogens is 1. The predicted molar refractivity (Wildman–Crippen MR) is 110 cm³/mol. The molecule has 0 saturated carbocycles. The van der Waals surface area contributed by atoms with Crippen LogP contribution in [0.1, 0.15) is 28.9 Å². The summed E-state index contributed by atoms with van der Waals surface area (Å²) in [7, 11) is 0. The van der Waals surface area contributed by atoms with Crippen molar-refractivity contribution in [1.29, 1.82) is 0 Å². The van der Waals surface area contributed by atoms with Crippen LogP contribution in [0.25, 0.3) is 10.9 Å². The Hall–Kier alpha value is -3.19. The summed E-state index contributed by atoms with van der Waals surface area (Å²) in [5.41, 5.74) is 0.869. The Kier molecular flexibility index (Phi) is 5.07. The number of piperazine rings is 1. The first kappa shape index (κ1) is 19.1. The highest BCUT2D eigenvalue weighted by atomic mass is 19.1. The zero-order valence-electron chi connectivity index (χ0n) is 16.1. The number of hydrogen-bond acceptors (Lipinski definition) is 4. The van der Waals surface area contributed by atoms with Crippen molar-refractivity contribution in [2.24, 2.45) is 0 Å². The van der Waals surface area contributed by atoms with Crippen molar-refractivity contribution in [3.63, 3.8) is 0 Å². The van der Waals surface area contributed by atoms with Crippen LogP contribution in [0.2, 0.25) is 0 Å². The molecule has 1 aliphatic rings. The van der Waals surface area contributed by atoms with Crippen molar-refractivity contribution >= 4 is 22.6 Å². The minimum absolute atomic E-state index is 0.0732. The number of rotatable bonds is 4. The standard InChI is InChI=1S/C22H22FN3O3/c1-14(15-5-3-2-4-6-15)26-13-17(22(28)29)21(27)16-11-18(23)20(12-19(16)26)25-9-7-24-8-10-25/h2-6,11-14,24H,7-10H2,1H3,(H,28,29). The van der Waals surface area contributed by atoms with Crippen LogP contribution in [0.5, 0.6) is 0 Å². The van der Waals surface area contributed by atoms with Gasteiger partial charge in [-0.15, -0.1) is 0 Å². The lowest BCUT2D eigenvalue weighted by molar-refractivity contribution is 0.0694. The molecule has 0 spiro atoms. The molecule has 0 amide bonds. The van der Waals surface area contributed by atoms with Crippen LogP contribution in [0, 0.1) is 5.82 Å². The second-order valence-electron chi connectivity index (χ2n) is 7.23. The summed E-state index contributed by atoms with van der Waals surface area (Å²) in [5, 5.41) is 12.8. The van der Waals surface area contributed by atoms with E-state index in [1.807, 2.05) is 42.2 Å². The number of fused-ring (bicyclic) bond motifs is 1. The van der Waals surface area contributed by atoms with Crippen LogP contribution in [0.3, 0.4) is 0 Å². The topological polar surface area (TPSA) is 74.6 Å². The van der Waals surface area contributed by atoms with Crippen molar-refractivity contribution < 1.29 is 14.3 Å². The summed E-state index contributed by atoms with van der Waals surface area (Å²) in [6.07, 6.45) is 1.37. The van der Waals surface area contributed by atoms with E-state index in [-0.39, 0.29) is 17.0 Å². The molecule has 4 rings (SSSR count). The molecular weight excluding hydrogens is 373 g/mol. The van der Waals surface area contributed by atoms with E-state index in [2.05, 4.69) is 5.32 Å². The molecule has 1 saturated heterocycles. The smallest absolute Gasteiger partial charge is 0.341 e. The van der Waals surface area contributed by atoms with Gasteiger partial charge in [0.15, 0.2) is 0 Å². The Morgan fingerprint density at radius 1 is 1.17 bits per heavy atom. The van der Waals surface area contributed by atoms with Crippen molar-refractivity contribution in [2.45, 2.75) is 13.0 Å². The van der Waals surface area contributed by atoms with Gasteiger partial charge in [-0.25, -0.2) is 9.18 Å². The molecule has 7 heteroatoms. The maximum absolute atomic E-state index is 14.9. The Morgan fingerprint density at radius 2 is 1.86 bits per heavy atom. The third-order valence-electron chi connectivity index (χ3n) is 5.49. The molecule has 1 fully saturated rings. The molecule has 2 aromatic carbocycles. The third kappa shape index (κ3) is 3.49. The molecule has 1 unspecified atom stereocenters. The lowest BCUT2D eigenvalue weighted by Crippen LogP contribution is -2.44. The quantitative estimate of drug-likeness (QED) is 0.711. The van der Waals surface area contributed by atoms with Gasteiger partial charge in [-0.1, -0.05) is 30.3 Å². The maximum atomic E-state index is 14.9. The van der Waals surface area contributed by atoms with Gasteiger partial charge >= 0.3 is 5.97 Å². The molecule has 6 nitrogen and oxygen atoms in total. The van der Waals surface area contributed by atoms with Crippen molar-refractivity contribution in [1.82, 2.24) is 9.88 Å². The molecule has 0 bridgehead atoms. The van der Waals surface area contributed by atoms with E-state index in [1.54, 1.807) is 10.6 Å². The van der Waals surface area contributed by atoms with Crippen LogP contribution in [-0.2, 0) is 0 Å². The number of carboxylic acid groups (broad SMARTS) is 1. The van der Waals surface area contributed by atoms with Crippen LogP contribution in [0.15, 0.2) is 53.5 Å². The minimum Gasteiger partial charge on any atom is -0.477 e. The molecule has 3 aromatic rings. The van der Waals surface area contributed by atoms with Gasteiger partial charge in [0.25, 0.3) is 0 Å². The number of carbonyl (C=O) groups is 1. The zero-order valence-corrected chi connectivity index (χ0v) is 16.1. The monoisotopic (exact) mass is 395 g/mol. The van der Waals surface area contributed by atoms with Crippen molar-refractivity contribution in [2.75, 3.05) is 31.1 Å². The predicted octanol–water partition coefficient (Wildman–Crippen LogP) is 2.86. The number of nitrogens with one attached hydrogen (secondary N) is 1. The molecule has 2 N–H and O–H groups in total. The zero-order chi connectivity index (χ0) is 20.5. The minimum atomic E-state index is -1.32. The first-order valence-electron chi connectivity index (χ1n) is 9.59. The van der Waals surface area contributed by atoms with E-state index in [9.17, 15) is 19.1 Å². The van der Waals surface area contributed by atoms with Crippen LogP contribution >= 0.6 is 0 Å².